The van der Waals surface area contributed by atoms with Crippen LogP contribution in [0.3, 0.4) is 0 Å². The van der Waals surface area contributed by atoms with Gasteiger partial charge in [-0.3, -0.25) is 0 Å². The van der Waals surface area contributed by atoms with E-state index in [2.05, 4.69) is 0 Å². The van der Waals surface area contributed by atoms with Crippen molar-refractivity contribution in [1.82, 2.24) is 4.90 Å². The first-order chi connectivity index (χ1) is 9.48. The van der Waals surface area contributed by atoms with Crippen molar-refractivity contribution in [3.63, 3.8) is 0 Å². The minimum absolute atomic E-state index is 0.198. The van der Waals surface area contributed by atoms with Gasteiger partial charge in [-0.1, -0.05) is 43.3 Å². The molecule has 0 fully saturated rings. The van der Waals surface area contributed by atoms with Crippen LogP contribution in [0.2, 0.25) is 6.04 Å². The highest BCUT2D eigenvalue weighted by molar-refractivity contribution is 6.08. The molecule has 3 nitrogen and oxygen atoms in total. The summed E-state index contributed by atoms with van der Waals surface area (Å²) < 4.78 is 5.62. The second-order valence-corrected chi connectivity index (χ2v) is 6.74. The molecule has 0 aromatic heterocycles. The molecule has 0 aliphatic heterocycles. The van der Waals surface area contributed by atoms with Crippen molar-refractivity contribution in [2.45, 2.75) is 51.8 Å². The minimum atomic E-state index is -0.396. The average Bonchev–Trinajstić information content (AvgIpc) is 2.44. The Balaban J connectivity index is 2.70. The van der Waals surface area contributed by atoms with Gasteiger partial charge in [-0.05, 0) is 32.3 Å². The molecule has 0 N–H and O–H groups in total. The molecule has 1 amide bonds. The molecular weight excluding hydrogens is 266 g/mol. The van der Waals surface area contributed by atoms with Gasteiger partial charge in [0.25, 0.3) is 0 Å². The second-order valence-electron chi connectivity index (χ2n) is 5.74. The van der Waals surface area contributed by atoms with Crippen molar-refractivity contribution in [3.05, 3.63) is 35.9 Å². The number of carbonyl (C=O) groups is 1. The van der Waals surface area contributed by atoms with E-state index in [0.29, 0.717) is 6.54 Å². The molecule has 0 aliphatic carbocycles. The maximum Gasteiger partial charge on any atom is 0.410 e. The summed E-state index contributed by atoms with van der Waals surface area (Å²) in [4.78, 5) is 14.2. The maximum absolute atomic E-state index is 12.3. The Hall–Kier alpha value is -1.29. The molecule has 0 heterocycles. The number of ether oxygens (including phenoxy) is 1. The van der Waals surface area contributed by atoms with E-state index in [9.17, 15) is 4.79 Å². The predicted molar refractivity (Wildman–Crippen MR) is 87.1 cm³/mol. The van der Waals surface area contributed by atoms with Crippen LogP contribution in [0, 0.1) is 0 Å². The normalized spacial score (nSPS) is 11.3. The zero-order chi connectivity index (χ0) is 15.0. The molecule has 4 heteroatoms. The van der Waals surface area contributed by atoms with E-state index in [1.807, 2.05) is 56.0 Å². The first-order valence-corrected chi connectivity index (χ1v) is 8.91. The fourth-order valence-corrected chi connectivity index (χ4v) is 2.08. The van der Waals surface area contributed by atoms with E-state index >= 15 is 0 Å². The molecule has 1 aromatic carbocycles. The molecule has 112 valence electrons. The van der Waals surface area contributed by atoms with Gasteiger partial charge >= 0.3 is 6.09 Å². The van der Waals surface area contributed by atoms with Gasteiger partial charge in [0, 0.05) is 23.3 Å². The summed E-state index contributed by atoms with van der Waals surface area (Å²) in [6.45, 7) is 7.35. The smallest absolute Gasteiger partial charge is 0.410 e. The Morgan fingerprint density at radius 1 is 1.30 bits per heavy atom. The van der Waals surface area contributed by atoms with Gasteiger partial charge in [0.2, 0.25) is 0 Å². The number of carbonyl (C=O) groups excluding carboxylic acids is 1. The minimum Gasteiger partial charge on any atom is -0.443 e. The number of amides is 1. The summed E-state index contributed by atoms with van der Waals surface area (Å²) >= 11 is 0. The van der Waals surface area contributed by atoms with Crippen LogP contribution in [0.25, 0.3) is 0 Å². The van der Waals surface area contributed by atoms with Crippen LogP contribution in [0.1, 0.15) is 39.2 Å². The van der Waals surface area contributed by atoms with E-state index in [0.717, 1.165) is 24.9 Å². The fourth-order valence-electron chi connectivity index (χ4n) is 1.76. The lowest BCUT2D eigenvalue weighted by atomic mass is 10.1. The van der Waals surface area contributed by atoms with E-state index in [1.165, 1.54) is 16.3 Å². The molecular formula is C16H27NO2Si. The molecule has 0 spiro atoms. The standard InChI is InChI=1S/C16H27NO2Si/c1-4-16(2,3)19-15(18)17(11-8-12-20)13-14-9-6-5-7-10-14/h5-7,9-10H,4,8,11-13H2,1-3,20H3. The van der Waals surface area contributed by atoms with Gasteiger partial charge < -0.3 is 9.64 Å². The molecule has 0 radical (unpaired) electrons. The third-order valence-corrected chi connectivity index (χ3v) is 4.18. The van der Waals surface area contributed by atoms with Crippen LogP contribution >= 0.6 is 0 Å². The zero-order valence-corrected chi connectivity index (χ0v) is 15.2. The Bertz CT molecular complexity index is 406. The fraction of sp³-hybridized carbons (Fsp3) is 0.562. The first-order valence-electron chi connectivity index (χ1n) is 7.50. The second kappa shape index (κ2) is 8.10. The van der Waals surface area contributed by atoms with Gasteiger partial charge in [0.05, 0.1) is 0 Å². The Morgan fingerprint density at radius 3 is 2.50 bits per heavy atom. The number of benzene rings is 1. The van der Waals surface area contributed by atoms with E-state index in [-0.39, 0.29) is 6.09 Å². The summed E-state index contributed by atoms with van der Waals surface area (Å²) in [6.07, 6.45) is 1.68. The zero-order valence-electron chi connectivity index (χ0n) is 13.2. The number of hydrogen-bond donors (Lipinski definition) is 0. The lowest BCUT2D eigenvalue weighted by Crippen LogP contribution is -2.38. The van der Waals surface area contributed by atoms with Crippen molar-refractivity contribution in [2.75, 3.05) is 6.54 Å². The monoisotopic (exact) mass is 293 g/mol. The van der Waals surface area contributed by atoms with Gasteiger partial charge in [0.15, 0.2) is 0 Å². The van der Waals surface area contributed by atoms with Crippen molar-refractivity contribution in [3.8, 4) is 0 Å². The largest absolute Gasteiger partial charge is 0.443 e. The van der Waals surface area contributed by atoms with E-state index in [1.54, 1.807) is 0 Å². The Morgan fingerprint density at radius 2 is 1.95 bits per heavy atom. The van der Waals surface area contributed by atoms with Crippen molar-refractivity contribution in [2.24, 2.45) is 0 Å². The quantitative estimate of drug-likeness (QED) is 0.723. The van der Waals surface area contributed by atoms with Crippen LogP contribution < -0.4 is 0 Å². The summed E-state index contributed by atoms with van der Waals surface area (Å²) in [5, 5.41) is 0. The molecule has 0 aliphatic rings. The molecule has 0 saturated heterocycles. The van der Waals surface area contributed by atoms with Gasteiger partial charge in [-0.2, -0.15) is 0 Å². The average molecular weight is 293 g/mol. The molecule has 1 aromatic rings. The highest BCUT2D eigenvalue weighted by atomic mass is 28.1. The molecule has 0 atom stereocenters. The summed E-state index contributed by atoms with van der Waals surface area (Å²) in [5.41, 5.74) is 0.750. The molecule has 20 heavy (non-hydrogen) atoms. The molecule has 0 saturated carbocycles. The van der Waals surface area contributed by atoms with E-state index < -0.39 is 5.60 Å². The SMILES string of the molecule is CCC(C)(C)OC(=O)N(CCC[SiH3])Cc1ccccc1. The number of hydrogen-bond acceptors (Lipinski definition) is 2. The number of rotatable bonds is 7. The summed E-state index contributed by atoms with van der Waals surface area (Å²) in [6, 6.07) is 11.3. The summed E-state index contributed by atoms with van der Waals surface area (Å²) in [7, 11) is 1.18. The van der Waals surface area contributed by atoms with Gasteiger partial charge in [0.1, 0.15) is 5.60 Å². The third-order valence-electron chi connectivity index (χ3n) is 3.47. The molecule has 0 bridgehead atoms. The van der Waals surface area contributed by atoms with Gasteiger partial charge in [-0.15, -0.1) is 0 Å². The molecule has 1 rings (SSSR count). The van der Waals surface area contributed by atoms with Crippen LogP contribution in [0.5, 0.6) is 0 Å². The van der Waals surface area contributed by atoms with Crippen LogP contribution in [-0.4, -0.2) is 33.4 Å². The van der Waals surface area contributed by atoms with Crippen molar-refractivity contribution >= 4 is 16.3 Å². The topological polar surface area (TPSA) is 29.5 Å². The first kappa shape index (κ1) is 16.8. The number of nitrogens with zero attached hydrogens (tertiary/aromatic N) is 1. The lowest BCUT2D eigenvalue weighted by molar-refractivity contribution is 0.00993. The van der Waals surface area contributed by atoms with Gasteiger partial charge in [-0.25, -0.2) is 4.79 Å². The maximum atomic E-state index is 12.3. The van der Waals surface area contributed by atoms with Crippen molar-refractivity contribution in [1.29, 1.82) is 0 Å². The van der Waals surface area contributed by atoms with Crippen LogP contribution in [0.4, 0.5) is 4.79 Å². The third kappa shape index (κ3) is 5.78. The van der Waals surface area contributed by atoms with Crippen LogP contribution in [0.15, 0.2) is 30.3 Å². The Kier molecular flexibility index (Phi) is 6.79. The lowest BCUT2D eigenvalue weighted by Gasteiger charge is -2.29. The molecule has 0 unspecified atom stereocenters. The highest BCUT2D eigenvalue weighted by Gasteiger charge is 2.24. The van der Waals surface area contributed by atoms with Crippen molar-refractivity contribution < 1.29 is 9.53 Å². The van der Waals surface area contributed by atoms with E-state index in [4.69, 9.17) is 4.74 Å². The summed E-state index contributed by atoms with van der Waals surface area (Å²) in [5.74, 6) is 0. The predicted octanol–water partition coefficient (Wildman–Crippen LogP) is 2.99. The highest BCUT2D eigenvalue weighted by Crippen LogP contribution is 2.17. The Labute approximate surface area is 125 Å². The van der Waals surface area contributed by atoms with Crippen LogP contribution in [-0.2, 0) is 11.3 Å².